The molecule has 3 aliphatic rings. The Kier molecular flexibility index (Phi) is 3.56. The van der Waals surface area contributed by atoms with Crippen LogP contribution in [0.4, 0.5) is 0 Å². The maximum absolute atomic E-state index is 11.9. The topological polar surface area (TPSA) is 55.8 Å². The number of thioether (sulfide) groups is 1. The number of rotatable bonds is 2. The molecule has 0 saturated carbocycles. The van der Waals surface area contributed by atoms with Crippen LogP contribution in [-0.2, 0) is 14.3 Å². The molecular formula is C14H22O4S. The van der Waals surface area contributed by atoms with Crippen molar-refractivity contribution >= 4 is 17.7 Å². The maximum Gasteiger partial charge on any atom is 0.312 e. The van der Waals surface area contributed by atoms with E-state index in [0.717, 1.165) is 30.8 Å². The molecular weight excluding hydrogens is 264 g/mol. The fourth-order valence-electron chi connectivity index (χ4n) is 4.08. The van der Waals surface area contributed by atoms with E-state index in [0.29, 0.717) is 19.6 Å². The van der Waals surface area contributed by atoms with E-state index < -0.39 is 11.4 Å². The lowest BCUT2D eigenvalue weighted by molar-refractivity contribution is -0.166. The number of aliphatic carboxylic acids is 1. The van der Waals surface area contributed by atoms with Gasteiger partial charge in [-0.05, 0) is 44.3 Å². The summed E-state index contributed by atoms with van der Waals surface area (Å²) in [6.45, 7) is 3.20. The molecule has 108 valence electrons. The smallest absolute Gasteiger partial charge is 0.312 e. The molecule has 4 nitrogen and oxygen atoms in total. The van der Waals surface area contributed by atoms with E-state index >= 15 is 0 Å². The van der Waals surface area contributed by atoms with Crippen LogP contribution in [0.1, 0.15) is 32.6 Å². The van der Waals surface area contributed by atoms with Gasteiger partial charge in [0, 0.05) is 19.0 Å². The molecule has 0 aromatic heterocycles. The molecule has 4 unspecified atom stereocenters. The van der Waals surface area contributed by atoms with Gasteiger partial charge in [0.25, 0.3) is 0 Å². The summed E-state index contributed by atoms with van der Waals surface area (Å²) in [5.41, 5.74) is -0.748. The van der Waals surface area contributed by atoms with Gasteiger partial charge in [0.15, 0.2) is 0 Å². The average Bonchev–Trinajstić information content (AvgIpc) is 2.97. The minimum atomic E-state index is -0.690. The maximum atomic E-state index is 11.9. The Balaban J connectivity index is 1.85. The predicted molar refractivity (Wildman–Crippen MR) is 73.4 cm³/mol. The third kappa shape index (κ3) is 2.10. The molecule has 0 aliphatic carbocycles. The Morgan fingerprint density at radius 3 is 2.79 bits per heavy atom. The van der Waals surface area contributed by atoms with Gasteiger partial charge in [-0.3, -0.25) is 4.79 Å². The molecule has 4 atom stereocenters. The Labute approximate surface area is 118 Å². The molecule has 1 N–H and O–H groups in total. The van der Waals surface area contributed by atoms with E-state index in [1.807, 2.05) is 18.7 Å². The largest absolute Gasteiger partial charge is 0.481 e. The molecule has 1 spiro atoms. The molecule has 0 aromatic carbocycles. The third-order valence-electron chi connectivity index (χ3n) is 5.30. The quantitative estimate of drug-likeness (QED) is 0.843. The summed E-state index contributed by atoms with van der Waals surface area (Å²) in [7, 11) is 0. The third-order valence-corrected chi connectivity index (χ3v) is 6.52. The van der Waals surface area contributed by atoms with E-state index in [9.17, 15) is 9.90 Å². The number of carboxylic acids is 1. The van der Waals surface area contributed by atoms with E-state index in [2.05, 4.69) is 0 Å². The first-order valence-electron chi connectivity index (χ1n) is 7.16. The summed E-state index contributed by atoms with van der Waals surface area (Å²) in [6.07, 6.45) is 3.28. The van der Waals surface area contributed by atoms with Crippen molar-refractivity contribution in [3.8, 4) is 0 Å². The highest BCUT2D eigenvalue weighted by Crippen LogP contribution is 2.51. The van der Waals surface area contributed by atoms with Crippen LogP contribution in [0.2, 0.25) is 0 Å². The summed E-state index contributed by atoms with van der Waals surface area (Å²) in [6, 6.07) is 0. The Morgan fingerprint density at radius 2 is 2.21 bits per heavy atom. The SMILES string of the molecule is CC1OCCC1(C(=O)O)C1CCOC2(CCSC2)C1. The Morgan fingerprint density at radius 1 is 1.37 bits per heavy atom. The molecule has 3 fully saturated rings. The second-order valence-electron chi connectivity index (χ2n) is 6.13. The fourth-order valence-corrected chi connectivity index (χ4v) is 5.46. The van der Waals surface area contributed by atoms with Crippen molar-refractivity contribution in [3.05, 3.63) is 0 Å². The lowest BCUT2D eigenvalue weighted by atomic mass is 9.64. The highest BCUT2D eigenvalue weighted by Gasteiger charge is 2.57. The van der Waals surface area contributed by atoms with Crippen LogP contribution >= 0.6 is 11.8 Å². The number of hydrogen-bond donors (Lipinski definition) is 1. The second-order valence-corrected chi connectivity index (χ2v) is 7.24. The summed E-state index contributed by atoms with van der Waals surface area (Å²) < 4.78 is 11.6. The summed E-state index contributed by atoms with van der Waals surface area (Å²) in [4.78, 5) is 11.9. The number of carbonyl (C=O) groups is 1. The van der Waals surface area contributed by atoms with E-state index in [4.69, 9.17) is 9.47 Å². The molecule has 5 heteroatoms. The standard InChI is InChI=1S/C14H22O4S/c1-10-14(12(15)16,3-6-17-10)11-2-5-18-13(8-11)4-7-19-9-13/h10-11H,2-9H2,1H3,(H,15,16). The molecule has 3 rings (SSSR count). The van der Waals surface area contributed by atoms with Crippen LogP contribution in [0.5, 0.6) is 0 Å². The van der Waals surface area contributed by atoms with Gasteiger partial charge in [-0.1, -0.05) is 0 Å². The van der Waals surface area contributed by atoms with Gasteiger partial charge in [-0.15, -0.1) is 0 Å². The van der Waals surface area contributed by atoms with Crippen molar-refractivity contribution in [1.82, 2.24) is 0 Å². The van der Waals surface area contributed by atoms with Crippen LogP contribution in [-0.4, -0.2) is 47.5 Å². The highest BCUT2D eigenvalue weighted by atomic mass is 32.2. The molecule has 0 radical (unpaired) electrons. The average molecular weight is 286 g/mol. The summed E-state index contributed by atoms with van der Waals surface area (Å²) in [5, 5.41) is 9.79. The van der Waals surface area contributed by atoms with Gasteiger partial charge in [0.05, 0.1) is 17.1 Å². The Hall–Kier alpha value is -0.260. The second kappa shape index (κ2) is 4.93. The number of hydrogen-bond acceptors (Lipinski definition) is 4. The minimum absolute atomic E-state index is 0.0572. The molecule has 3 aliphatic heterocycles. The molecule has 3 heterocycles. The van der Waals surface area contributed by atoms with Crippen LogP contribution in [0.25, 0.3) is 0 Å². The van der Waals surface area contributed by atoms with E-state index in [1.54, 1.807) is 0 Å². The molecule has 3 saturated heterocycles. The van der Waals surface area contributed by atoms with Crippen molar-refractivity contribution in [3.63, 3.8) is 0 Å². The summed E-state index contributed by atoms with van der Waals surface area (Å²) >= 11 is 1.93. The van der Waals surface area contributed by atoms with Gasteiger partial charge in [0.2, 0.25) is 0 Å². The molecule has 0 aromatic rings. The van der Waals surface area contributed by atoms with Crippen molar-refractivity contribution in [2.24, 2.45) is 11.3 Å². The molecule has 19 heavy (non-hydrogen) atoms. The Bertz CT molecular complexity index is 366. The summed E-state index contributed by atoms with van der Waals surface area (Å²) in [5.74, 6) is 1.67. The lowest BCUT2D eigenvalue weighted by Crippen LogP contribution is -2.51. The van der Waals surface area contributed by atoms with Gasteiger partial charge in [-0.2, -0.15) is 11.8 Å². The van der Waals surface area contributed by atoms with E-state index in [-0.39, 0.29) is 17.6 Å². The zero-order valence-electron chi connectivity index (χ0n) is 11.4. The minimum Gasteiger partial charge on any atom is -0.481 e. The van der Waals surface area contributed by atoms with Crippen molar-refractivity contribution in [1.29, 1.82) is 0 Å². The van der Waals surface area contributed by atoms with Gasteiger partial charge >= 0.3 is 5.97 Å². The zero-order valence-corrected chi connectivity index (χ0v) is 12.2. The van der Waals surface area contributed by atoms with Crippen LogP contribution < -0.4 is 0 Å². The van der Waals surface area contributed by atoms with Crippen molar-refractivity contribution < 1.29 is 19.4 Å². The van der Waals surface area contributed by atoms with Crippen molar-refractivity contribution in [2.75, 3.05) is 24.7 Å². The first kappa shape index (κ1) is 13.7. The van der Waals surface area contributed by atoms with Gasteiger partial charge in [0.1, 0.15) is 0 Å². The van der Waals surface area contributed by atoms with Crippen LogP contribution in [0, 0.1) is 11.3 Å². The number of ether oxygens (including phenoxy) is 2. The predicted octanol–water partition coefficient (Wildman–Crippen LogP) is 2.17. The molecule has 0 amide bonds. The monoisotopic (exact) mass is 286 g/mol. The first-order chi connectivity index (χ1) is 9.09. The van der Waals surface area contributed by atoms with E-state index in [1.165, 1.54) is 0 Å². The normalized spacial score (nSPS) is 46.8. The lowest BCUT2D eigenvalue weighted by Gasteiger charge is -2.45. The number of carboxylic acid groups (broad SMARTS) is 1. The van der Waals surface area contributed by atoms with Gasteiger partial charge < -0.3 is 14.6 Å². The van der Waals surface area contributed by atoms with Crippen LogP contribution in [0.15, 0.2) is 0 Å². The first-order valence-corrected chi connectivity index (χ1v) is 8.31. The zero-order chi connectivity index (χ0) is 13.5. The van der Waals surface area contributed by atoms with Crippen LogP contribution in [0.3, 0.4) is 0 Å². The van der Waals surface area contributed by atoms with Gasteiger partial charge in [-0.25, -0.2) is 0 Å². The van der Waals surface area contributed by atoms with Crippen molar-refractivity contribution in [2.45, 2.75) is 44.3 Å². The highest BCUT2D eigenvalue weighted by molar-refractivity contribution is 7.99. The molecule has 0 bridgehead atoms. The fraction of sp³-hybridized carbons (Fsp3) is 0.929.